The Morgan fingerprint density at radius 2 is 1.57 bits per heavy atom. The predicted molar refractivity (Wildman–Crippen MR) is 78.1 cm³/mol. The van der Waals surface area contributed by atoms with E-state index in [4.69, 9.17) is 0 Å². The molecule has 7 nitrogen and oxygen atoms in total. The molecule has 3 atom stereocenters. The Hall–Kier alpha value is -2.70. The van der Waals surface area contributed by atoms with Gasteiger partial charge in [-0.1, -0.05) is 18.2 Å². The molecule has 1 saturated heterocycles. The molecule has 7 heteroatoms. The van der Waals surface area contributed by atoms with Crippen LogP contribution in [0, 0.1) is 11.8 Å². The Morgan fingerprint density at radius 1 is 1.00 bits per heavy atom. The van der Waals surface area contributed by atoms with E-state index in [0.717, 1.165) is 19.1 Å². The van der Waals surface area contributed by atoms with Gasteiger partial charge in [0.2, 0.25) is 5.91 Å². The highest BCUT2D eigenvalue weighted by Gasteiger charge is 2.56. The fourth-order valence-corrected chi connectivity index (χ4v) is 2.79. The zero-order valence-corrected chi connectivity index (χ0v) is 13.0. The number of imide groups is 1. The second-order valence-corrected chi connectivity index (χ2v) is 5.17. The zero-order chi connectivity index (χ0) is 17.1. The zero-order valence-electron chi connectivity index (χ0n) is 13.0. The first kappa shape index (κ1) is 16.7. The van der Waals surface area contributed by atoms with E-state index in [1.165, 1.54) is 6.92 Å². The Balaban J connectivity index is 2.42. The summed E-state index contributed by atoms with van der Waals surface area (Å²) in [6.45, 7) is 1.53. The molecule has 122 valence electrons. The summed E-state index contributed by atoms with van der Waals surface area (Å²) in [5.74, 6) is -5.38. The van der Waals surface area contributed by atoms with Crippen molar-refractivity contribution >= 4 is 23.8 Å². The van der Waals surface area contributed by atoms with E-state index in [1.807, 2.05) is 0 Å². The SMILES string of the molecule is COC(=O)[C@H]1C(=O)N(C(=O)c2ccccc2)[C@H](C)[C@@H]1C(=O)OC. The maximum Gasteiger partial charge on any atom is 0.319 e. The van der Waals surface area contributed by atoms with Gasteiger partial charge in [0.1, 0.15) is 0 Å². The van der Waals surface area contributed by atoms with Crippen LogP contribution in [0.3, 0.4) is 0 Å². The summed E-state index contributed by atoms with van der Waals surface area (Å²) in [5, 5.41) is 0. The molecule has 0 aliphatic carbocycles. The minimum Gasteiger partial charge on any atom is -0.469 e. The highest BCUT2D eigenvalue weighted by atomic mass is 16.5. The monoisotopic (exact) mass is 319 g/mol. The summed E-state index contributed by atoms with van der Waals surface area (Å²) in [7, 11) is 2.28. The van der Waals surface area contributed by atoms with Crippen LogP contribution < -0.4 is 0 Å². The molecule has 0 aromatic heterocycles. The van der Waals surface area contributed by atoms with Crippen LogP contribution in [0.15, 0.2) is 30.3 Å². The lowest BCUT2D eigenvalue weighted by atomic mass is 9.91. The molecular formula is C16H17NO6. The normalized spacial score (nSPS) is 23.5. The average molecular weight is 319 g/mol. The van der Waals surface area contributed by atoms with Gasteiger partial charge in [0, 0.05) is 5.56 Å². The third-order valence-electron chi connectivity index (χ3n) is 3.96. The van der Waals surface area contributed by atoms with Gasteiger partial charge in [0.05, 0.1) is 26.2 Å². The minimum atomic E-state index is -1.38. The molecule has 23 heavy (non-hydrogen) atoms. The molecule has 0 saturated carbocycles. The highest BCUT2D eigenvalue weighted by Crippen LogP contribution is 2.34. The standard InChI is InChI=1S/C16H17NO6/c1-9-11(15(20)22-2)12(16(21)23-3)14(19)17(9)13(18)10-7-5-4-6-8-10/h4-9,11-12H,1-3H3/t9-,11+,12-/m1/s1. The van der Waals surface area contributed by atoms with Gasteiger partial charge in [0.25, 0.3) is 5.91 Å². The van der Waals surface area contributed by atoms with Crippen LogP contribution in [0.25, 0.3) is 0 Å². The Morgan fingerprint density at radius 3 is 2.09 bits per heavy atom. The molecule has 0 bridgehead atoms. The Kier molecular flexibility index (Phi) is 4.78. The Labute approximate surface area is 133 Å². The molecule has 2 amide bonds. The van der Waals surface area contributed by atoms with Gasteiger partial charge in [-0.15, -0.1) is 0 Å². The summed E-state index contributed by atoms with van der Waals surface area (Å²) in [6.07, 6.45) is 0. The second-order valence-electron chi connectivity index (χ2n) is 5.17. The number of esters is 2. The van der Waals surface area contributed by atoms with Crippen LogP contribution in [0.1, 0.15) is 17.3 Å². The number of hydrogen-bond acceptors (Lipinski definition) is 6. The fourth-order valence-electron chi connectivity index (χ4n) is 2.79. The van der Waals surface area contributed by atoms with Crippen LogP contribution in [0.4, 0.5) is 0 Å². The number of nitrogens with zero attached hydrogens (tertiary/aromatic N) is 1. The molecule has 1 heterocycles. The van der Waals surface area contributed by atoms with Crippen molar-refractivity contribution in [2.24, 2.45) is 11.8 Å². The van der Waals surface area contributed by atoms with Crippen LogP contribution in [0.2, 0.25) is 0 Å². The van der Waals surface area contributed by atoms with Crippen molar-refractivity contribution in [1.29, 1.82) is 0 Å². The molecule has 0 unspecified atom stereocenters. The fraction of sp³-hybridized carbons (Fsp3) is 0.375. The third-order valence-corrected chi connectivity index (χ3v) is 3.96. The summed E-state index contributed by atoms with van der Waals surface area (Å²) in [5.41, 5.74) is 0.293. The number of ether oxygens (including phenoxy) is 2. The number of carbonyl (C=O) groups excluding carboxylic acids is 4. The molecule has 1 aromatic rings. The summed E-state index contributed by atoms with van der Waals surface area (Å²) < 4.78 is 9.28. The lowest BCUT2D eigenvalue weighted by Gasteiger charge is -2.21. The van der Waals surface area contributed by atoms with Gasteiger partial charge in [0.15, 0.2) is 5.92 Å². The molecular weight excluding hydrogens is 302 g/mol. The van der Waals surface area contributed by atoms with Crippen molar-refractivity contribution in [2.75, 3.05) is 14.2 Å². The first-order valence-electron chi connectivity index (χ1n) is 7.02. The first-order chi connectivity index (χ1) is 10.9. The smallest absolute Gasteiger partial charge is 0.319 e. The molecule has 0 spiro atoms. The molecule has 1 aliphatic heterocycles. The third kappa shape index (κ3) is 2.81. The number of rotatable bonds is 3. The lowest BCUT2D eigenvalue weighted by molar-refractivity contribution is -0.158. The van der Waals surface area contributed by atoms with Crippen LogP contribution in [-0.2, 0) is 23.9 Å². The summed E-state index contributed by atoms with van der Waals surface area (Å²) in [6, 6.07) is 7.36. The number of likely N-dealkylation sites (tertiary alicyclic amines) is 1. The first-order valence-corrected chi connectivity index (χ1v) is 7.02. The van der Waals surface area contributed by atoms with E-state index in [-0.39, 0.29) is 0 Å². The van der Waals surface area contributed by atoms with Crippen LogP contribution >= 0.6 is 0 Å². The maximum absolute atomic E-state index is 12.6. The number of carbonyl (C=O) groups is 4. The molecule has 1 fully saturated rings. The van der Waals surface area contributed by atoms with Gasteiger partial charge >= 0.3 is 11.9 Å². The number of hydrogen-bond donors (Lipinski definition) is 0. The molecule has 0 radical (unpaired) electrons. The van der Waals surface area contributed by atoms with E-state index < -0.39 is 41.6 Å². The van der Waals surface area contributed by atoms with Crippen LogP contribution in [-0.4, -0.2) is 48.9 Å². The summed E-state index contributed by atoms with van der Waals surface area (Å²) in [4.78, 5) is 50.0. The van der Waals surface area contributed by atoms with Gasteiger partial charge in [-0.05, 0) is 19.1 Å². The number of methoxy groups -OCH3 is 2. The van der Waals surface area contributed by atoms with Crippen molar-refractivity contribution in [1.82, 2.24) is 4.90 Å². The topological polar surface area (TPSA) is 90.0 Å². The van der Waals surface area contributed by atoms with Crippen molar-refractivity contribution in [2.45, 2.75) is 13.0 Å². The maximum atomic E-state index is 12.6. The van der Waals surface area contributed by atoms with E-state index in [9.17, 15) is 19.2 Å². The minimum absolute atomic E-state index is 0.293. The van der Waals surface area contributed by atoms with Crippen LogP contribution in [0.5, 0.6) is 0 Å². The van der Waals surface area contributed by atoms with Gasteiger partial charge in [-0.25, -0.2) is 0 Å². The summed E-state index contributed by atoms with van der Waals surface area (Å²) >= 11 is 0. The largest absolute Gasteiger partial charge is 0.469 e. The molecule has 1 aromatic carbocycles. The number of amides is 2. The second kappa shape index (κ2) is 6.60. The van der Waals surface area contributed by atoms with Gasteiger partial charge in [-0.3, -0.25) is 24.1 Å². The van der Waals surface area contributed by atoms with Crippen molar-refractivity contribution < 1.29 is 28.7 Å². The molecule has 1 aliphatic rings. The van der Waals surface area contributed by atoms with E-state index in [1.54, 1.807) is 30.3 Å². The molecule has 0 N–H and O–H groups in total. The van der Waals surface area contributed by atoms with E-state index in [0.29, 0.717) is 5.56 Å². The van der Waals surface area contributed by atoms with E-state index >= 15 is 0 Å². The Bertz CT molecular complexity index is 641. The highest BCUT2D eigenvalue weighted by molar-refractivity contribution is 6.14. The average Bonchev–Trinajstić information content (AvgIpc) is 2.84. The number of benzene rings is 1. The van der Waals surface area contributed by atoms with Crippen molar-refractivity contribution in [3.8, 4) is 0 Å². The van der Waals surface area contributed by atoms with Crippen molar-refractivity contribution in [3.05, 3.63) is 35.9 Å². The van der Waals surface area contributed by atoms with Gasteiger partial charge < -0.3 is 9.47 Å². The molecule has 2 rings (SSSR count). The predicted octanol–water partition coefficient (Wildman–Crippen LogP) is 0.636. The quantitative estimate of drug-likeness (QED) is 0.461. The van der Waals surface area contributed by atoms with Crippen molar-refractivity contribution in [3.63, 3.8) is 0 Å². The van der Waals surface area contributed by atoms with E-state index in [2.05, 4.69) is 9.47 Å². The lowest BCUT2D eigenvalue weighted by Crippen LogP contribution is -2.40. The van der Waals surface area contributed by atoms with Gasteiger partial charge in [-0.2, -0.15) is 0 Å².